The summed E-state index contributed by atoms with van der Waals surface area (Å²) in [4.78, 5) is 0. The van der Waals surface area contributed by atoms with E-state index in [9.17, 15) is 0 Å². The molecule has 0 aliphatic carbocycles. The third kappa shape index (κ3) is 4.85. The minimum absolute atomic E-state index is 0. The van der Waals surface area contributed by atoms with Crippen LogP contribution in [0.5, 0.6) is 0 Å². The molecule has 1 unspecified atom stereocenters. The number of hydrogen-bond acceptors (Lipinski definition) is 2. The molecule has 15 heavy (non-hydrogen) atoms. The molecule has 0 aliphatic rings. The van der Waals surface area contributed by atoms with E-state index in [2.05, 4.69) is 25.1 Å². The van der Waals surface area contributed by atoms with Crippen LogP contribution in [0.4, 0.5) is 0 Å². The molecule has 1 atom stereocenters. The monoisotopic (exact) mass is 250 g/mol. The van der Waals surface area contributed by atoms with Crippen LogP contribution in [-0.4, -0.2) is 6.54 Å². The molecule has 0 aliphatic heterocycles. The smallest absolute Gasteiger partial charge is 0.0309 e. The minimum Gasteiger partial charge on any atom is -0.330 e. The Balaban J connectivity index is 0. The second-order valence-corrected chi connectivity index (χ2v) is 3.24. The van der Waals surface area contributed by atoms with Crippen molar-refractivity contribution < 1.29 is 0 Å². The maximum absolute atomic E-state index is 6.00. The van der Waals surface area contributed by atoms with E-state index in [-0.39, 0.29) is 30.9 Å². The lowest BCUT2D eigenvalue weighted by Gasteiger charge is -2.14. The molecule has 0 saturated carbocycles. The molecule has 0 bridgehead atoms. The first-order valence-corrected chi connectivity index (χ1v) is 4.83. The van der Waals surface area contributed by atoms with E-state index in [4.69, 9.17) is 11.5 Å². The van der Waals surface area contributed by atoms with Gasteiger partial charge in [-0.1, -0.05) is 31.2 Å². The Kier molecular flexibility index (Phi) is 10.3. The van der Waals surface area contributed by atoms with Crippen molar-refractivity contribution in [2.45, 2.75) is 25.8 Å². The topological polar surface area (TPSA) is 52.0 Å². The van der Waals surface area contributed by atoms with Gasteiger partial charge in [-0.15, -0.1) is 24.8 Å². The van der Waals surface area contributed by atoms with Crippen LogP contribution in [0.2, 0.25) is 0 Å². The van der Waals surface area contributed by atoms with Crippen LogP contribution in [0.25, 0.3) is 0 Å². The summed E-state index contributed by atoms with van der Waals surface area (Å²) in [7, 11) is 0. The zero-order chi connectivity index (χ0) is 9.68. The molecule has 1 aromatic carbocycles. The number of halogens is 2. The lowest BCUT2D eigenvalue weighted by atomic mass is 9.97. The van der Waals surface area contributed by atoms with Gasteiger partial charge in [-0.25, -0.2) is 0 Å². The van der Waals surface area contributed by atoms with Gasteiger partial charge in [0.15, 0.2) is 0 Å². The van der Waals surface area contributed by atoms with Crippen LogP contribution in [0.1, 0.15) is 30.5 Å². The van der Waals surface area contributed by atoms with Crippen molar-refractivity contribution in [2.24, 2.45) is 11.5 Å². The van der Waals surface area contributed by atoms with Gasteiger partial charge in [0.05, 0.1) is 0 Å². The third-order valence-electron chi connectivity index (χ3n) is 2.31. The van der Waals surface area contributed by atoms with Crippen LogP contribution in [0, 0.1) is 0 Å². The largest absolute Gasteiger partial charge is 0.330 e. The molecule has 88 valence electrons. The predicted molar refractivity (Wildman–Crippen MR) is 70.9 cm³/mol. The average Bonchev–Trinajstić information content (AvgIpc) is 2.18. The zero-order valence-corrected chi connectivity index (χ0v) is 10.6. The normalized spacial score (nSPS) is 11.1. The summed E-state index contributed by atoms with van der Waals surface area (Å²) in [6, 6.07) is 8.41. The van der Waals surface area contributed by atoms with Crippen molar-refractivity contribution >= 4 is 24.8 Å². The molecule has 0 saturated heterocycles. The lowest BCUT2D eigenvalue weighted by Crippen LogP contribution is -2.16. The van der Waals surface area contributed by atoms with E-state index in [0.29, 0.717) is 6.54 Å². The zero-order valence-electron chi connectivity index (χ0n) is 8.98. The molecule has 1 aromatic rings. The first kappa shape index (κ1) is 17.1. The minimum atomic E-state index is 0. The van der Waals surface area contributed by atoms with Crippen molar-refractivity contribution in [2.75, 3.05) is 6.54 Å². The molecule has 0 amide bonds. The molecule has 0 aromatic heterocycles. The van der Waals surface area contributed by atoms with Crippen molar-refractivity contribution in [3.8, 4) is 0 Å². The second-order valence-electron chi connectivity index (χ2n) is 3.24. The van der Waals surface area contributed by atoms with Crippen LogP contribution in [0.15, 0.2) is 24.3 Å². The molecule has 2 nitrogen and oxygen atoms in total. The predicted octanol–water partition coefficient (Wildman–Crippen LogP) is 2.44. The van der Waals surface area contributed by atoms with Crippen LogP contribution in [-0.2, 0) is 6.42 Å². The number of hydrogen-bond donors (Lipinski definition) is 2. The van der Waals surface area contributed by atoms with Crippen LogP contribution < -0.4 is 11.5 Å². The van der Waals surface area contributed by atoms with E-state index in [1.54, 1.807) is 0 Å². The molecule has 1 rings (SSSR count). The summed E-state index contributed by atoms with van der Waals surface area (Å²) >= 11 is 0. The number of aryl methyl sites for hydroxylation is 1. The summed E-state index contributed by atoms with van der Waals surface area (Å²) in [5, 5.41) is 0. The second kappa shape index (κ2) is 8.98. The van der Waals surface area contributed by atoms with E-state index >= 15 is 0 Å². The van der Waals surface area contributed by atoms with Gasteiger partial charge in [0.2, 0.25) is 0 Å². The molecule has 0 radical (unpaired) electrons. The van der Waals surface area contributed by atoms with E-state index in [0.717, 1.165) is 12.8 Å². The summed E-state index contributed by atoms with van der Waals surface area (Å²) in [6.07, 6.45) is 1.89. The van der Waals surface area contributed by atoms with Gasteiger partial charge < -0.3 is 11.5 Å². The first-order valence-electron chi connectivity index (χ1n) is 4.83. The molecular formula is C11H20Cl2N2. The Morgan fingerprint density at radius 1 is 1.20 bits per heavy atom. The molecule has 0 spiro atoms. The Morgan fingerprint density at radius 3 is 2.33 bits per heavy atom. The number of rotatable bonds is 4. The maximum Gasteiger partial charge on any atom is 0.0309 e. The summed E-state index contributed by atoms with van der Waals surface area (Å²) in [6.45, 7) is 2.80. The maximum atomic E-state index is 6.00. The SMILES string of the molecule is CCc1ccccc1C(N)CCN.Cl.Cl. The number of benzene rings is 1. The number of nitrogens with two attached hydrogens (primary N) is 2. The Labute approximate surface area is 104 Å². The van der Waals surface area contributed by atoms with E-state index in [1.165, 1.54) is 11.1 Å². The molecule has 0 heterocycles. The Morgan fingerprint density at radius 2 is 1.80 bits per heavy atom. The van der Waals surface area contributed by atoms with Crippen molar-refractivity contribution in [1.82, 2.24) is 0 Å². The first-order chi connectivity index (χ1) is 6.29. The van der Waals surface area contributed by atoms with E-state index < -0.39 is 0 Å². The lowest BCUT2D eigenvalue weighted by molar-refractivity contribution is 0.655. The standard InChI is InChI=1S/C11H18N2.2ClH/c1-2-9-5-3-4-6-10(9)11(13)7-8-12;;/h3-6,11H,2,7-8,12-13H2,1H3;2*1H. The van der Waals surface area contributed by atoms with E-state index in [1.807, 2.05) is 6.07 Å². The Hall–Kier alpha value is -0.280. The molecule has 4 heteroatoms. The van der Waals surface area contributed by atoms with Gasteiger partial charge in [0.25, 0.3) is 0 Å². The van der Waals surface area contributed by atoms with Gasteiger partial charge in [-0.2, -0.15) is 0 Å². The molecular weight excluding hydrogens is 231 g/mol. The molecule has 0 fully saturated rings. The highest BCUT2D eigenvalue weighted by atomic mass is 35.5. The fraction of sp³-hybridized carbons (Fsp3) is 0.455. The van der Waals surface area contributed by atoms with Crippen molar-refractivity contribution in [3.05, 3.63) is 35.4 Å². The van der Waals surface area contributed by atoms with Gasteiger partial charge in [0.1, 0.15) is 0 Å². The quantitative estimate of drug-likeness (QED) is 0.863. The van der Waals surface area contributed by atoms with Crippen LogP contribution >= 0.6 is 24.8 Å². The van der Waals surface area contributed by atoms with Gasteiger partial charge in [-0.3, -0.25) is 0 Å². The van der Waals surface area contributed by atoms with Crippen molar-refractivity contribution in [1.29, 1.82) is 0 Å². The van der Waals surface area contributed by atoms with Gasteiger partial charge in [0, 0.05) is 6.04 Å². The van der Waals surface area contributed by atoms with Gasteiger partial charge in [-0.05, 0) is 30.5 Å². The van der Waals surface area contributed by atoms with Gasteiger partial charge >= 0.3 is 0 Å². The highest BCUT2D eigenvalue weighted by Gasteiger charge is 2.07. The fourth-order valence-electron chi connectivity index (χ4n) is 1.55. The average molecular weight is 251 g/mol. The summed E-state index contributed by atoms with van der Waals surface area (Å²) in [5.74, 6) is 0. The van der Waals surface area contributed by atoms with Crippen LogP contribution in [0.3, 0.4) is 0 Å². The Bertz CT molecular complexity index is 267. The third-order valence-corrected chi connectivity index (χ3v) is 2.31. The molecule has 4 N–H and O–H groups in total. The highest BCUT2D eigenvalue weighted by Crippen LogP contribution is 2.18. The summed E-state index contributed by atoms with van der Waals surface area (Å²) in [5.41, 5.74) is 14.1. The fourth-order valence-corrected chi connectivity index (χ4v) is 1.55. The summed E-state index contributed by atoms with van der Waals surface area (Å²) < 4.78 is 0. The highest BCUT2D eigenvalue weighted by molar-refractivity contribution is 5.85. The van der Waals surface area contributed by atoms with Crippen molar-refractivity contribution in [3.63, 3.8) is 0 Å².